The van der Waals surface area contributed by atoms with Gasteiger partial charge in [-0.3, -0.25) is 9.59 Å². The third-order valence-corrected chi connectivity index (χ3v) is 6.24. The fourth-order valence-corrected chi connectivity index (χ4v) is 4.53. The van der Waals surface area contributed by atoms with Crippen molar-refractivity contribution in [2.75, 3.05) is 39.3 Å². The number of amides is 4. The molecular weight excluding hydrogens is 344 g/mol. The van der Waals surface area contributed by atoms with Crippen LogP contribution in [0.4, 0.5) is 4.79 Å². The molecule has 4 amide bonds. The Hall–Kier alpha value is -1.79. The summed E-state index contributed by atoms with van der Waals surface area (Å²) in [5.41, 5.74) is 0. The number of nitrogens with one attached hydrogen (secondary N) is 1. The second kappa shape index (κ2) is 9.42. The zero-order valence-corrected chi connectivity index (χ0v) is 16.6. The molecule has 0 aromatic heterocycles. The van der Waals surface area contributed by atoms with Gasteiger partial charge in [0.2, 0.25) is 11.8 Å². The average Bonchev–Trinajstić information content (AvgIpc) is 2.73. The molecule has 0 spiro atoms. The van der Waals surface area contributed by atoms with E-state index >= 15 is 0 Å². The van der Waals surface area contributed by atoms with Gasteiger partial charge in [0.25, 0.3) is 0 Å². The number of piperazine rings is 1. The van der Waals surface area contributed by atoms with Gasteiger partial charge in [0.05, 0.1) is 5.92 Å². The van der Waals surface area contributed by atoms with Crippen molar-refractivity contribution in [2.24, 2.45) is 5.92 Å². The third-order valence-electron chi connectivity index (χ3n) is 6.24. The molecule has 2 heterocycles. The minimum absolute atomic E-state index is 0.0198. The van der Waals surface area contributed by atoms with E-state index in [1.54, 1.807) is 0 Å². The summed E-state index contributed by atoms with van der Waals surface area (Å²) < 4.78 is 0. The van der Waals surface area contributed by atoms with Gasteiger partial charge in [0.15, 0.2) is 0 Å². The average molecular weight is 379 g/mol. The number of carbonyl (C=O) groups excluding carboxylic acids is 3. The normalized spacial score (nSPS) is 24.6. The molecule has 0 bridgehead atoms. The van der Waals surface area contributed by atoms with Crippen molar-refractivity contribution in [3.05, 3.63) is 0 Å². The van der Waals surface area contributed by atoms with Crippen LogP contribution in [-0.2, 0) is 9.59 Å². The Kier molecular flexibility index (Phi) is 6.96. The van der Waals surface area contributed by atoms with Crippen molar-refractivity contribution in [1.29, 1.82) is 0 Å². The second-order valence-electron chi connectivity index (χ2n) is 8.13. The molecule has 152 valence electrons. The van der Waals surface area contributed by atoms with Crippen LogP contribution in [0.3, 0.4) is 0 Å². The molecule has 3 fully saturated rings. The Balaban J connectivity index is 1.44. The van der Waals surface area contributed by atoms with Crippen molar-refractivity contribution < 1.29 is 14.4 Å². The first kappa shape index (κ1) is 20.0. The van der Waals surface area contributed by atoms with E-state index in [0.717, 1.165) is 32.2 Å². The molecule has 1 atom stereocenters. The molecule has 27 heavy (non-hydrogen) atoms. The van der Waals surface area contributed by atoms with Crippen LogP contribution >= 0.6 is 0 Å². The fraction of sp³-hybridized carbons (Fsp3) is 0.850. The topological polar surface area (TPSA) is 73.0 Å². The minimum Gasteiger partial charge on any atom is -0.342 e. The van der Waals surface area contributed by atoms with Crippen molar-refractivity contribution in [3.8, 4) is 0 Å². The van der Waals surface area contributed by atoms with Gasteiger partial charge in [-0.15, -0.1) is 0 Å². The highest BCUT2D eigenvalue weighted by molar-refractivity contribution is 5.82. The summed E-state index contributed by atoms with van der Waals surface area (Å²) in [5, 5.41) is 3.16. The van der Waals surface area contributed by atoms with Crippen molar-refractivity contribution in [2.45, 2.75) is 64.3 Å². The number of carbonyl (C=O) groups is 3. The molecule has 1 unspecified atom stereocenters. The Bertz CT molecular complexity index is 539. The van der Waals surface area contributed by atoms with Gasteiger partial charge in [-0.2, -0.15) is 0 Å². The van der Waals surface area contributed by atoms with E-state index < -0.39 is 0 Å². The quantitative estimate of drug-likeness (QED) is 0.814. The molecule has 3 rings (SSSR count). The van der Waals surface area contributed by atoms with E-state index in [4.69, 9.17) is 0 Å². The molecular formula is C20H34N4O3. The zero-order valence-electron chi connectivity index (χ0n) is 16.6. The lowest BCUT2D eigenvalue weighted by Gasteiger charge is -2.39. The summed E-state index contributed by atoms with van der Waals surface area (Å²) in [6.07, 6.45) is 8.09. The Morgan fingerprint density at radius 2 is 1.48 bits per heavy atom. The maximum atomic E-state index is 12.9. The predicted molar refractivity (Wildman–Crippen MR) is 103 cm³/mol. The van der Waals surface area contributed by atoms with Crippen LogP contribution in [0.2, 0.25) is 0 Å². The largest absolute Gasteiger partial charge is 0.342 e. The summed E-state index contributed by atoms with van der Waals surface area (Å²) in [7, 11) is 0. The number of hydrogen-bond donors (Lipinski definition) is 1. The molecule has 1 aliphatic carbocycles. The molecule has 2 aliphatic heterocycles. The van der Waals surface area contributed by atoms with Gasteiger partial charge in [0.1, 0.15) is 0 Å². The molecule has 7 nitrogen and oxygen atoms in total. The monoisotopic (exact) mass is 378 g/mol. The van der Waals surface area contributed by atoms with Gasteiger partial charge in [-0.25, -0.2) is 4.79 Å². The van der Waals surface area contributed by atoms with Crippen LogP contribution in [0.15, 0.2) is 0 Å². The summed E-state index contributed by atoms with van der Waals surface area (Å²) in [5.74, 6) is 0.199. The lowest BCUT2D eigenvalue weighted by Crippen LogP contribution is -2.56. The summed E-state index contributed by atoms with van der Waals surface area (Å²) in [4.78, 5) is 42.8. The van der Waals surface area contributed by atoms with E-state index in [1.165, 1.54) is 19.3 Å². The van der Waals surface area contributed by atoms with Gasteiger partial charge in [-0.05, 0) is 25.7 Å². The van der Waals surface area contributed by atoms with E-state index in [-0.39, 0.29) is 23.8 Å². The van der Waals surface area contributed by atoms with E-state index in [9.17, 15) is 14.4 Å². The summed E-state index contributed by atoms with van der Waals surface area (Å²) >= 11 is 0. The lowest BCUT2D eigenvalue weighted by molar-refractivity contribution is -0.141. The first-order chi connectivity index (χ1) is 13.1. The Labute approximate surface area is 162 Å². The minimum atomic E-state index is -0.0862. The molecule has 0 aromatic rings. The number of nitrogens with zero attached hydrogens (tertiary/aromatic N) is 3. The predicted octanol–water partition coefficient (Wildman–Crippen LogP) is 1.82. The van der Waals surface area contributed by atoms with E-state index in [0.29, 0.717) is 45.2 Å². The number of hydrogen-bond acceptors (Lipinski definition) is 3. The van der Waals surface area contributed by atoms with Gasteiger partial charge < -0.3 is 20.0 Å². The summed E-state index contributed by atoms with van der Waals surface area (Å²) in [6, 6.07) is 0.335. The highest BCUT2D eigenvalue weighted by Gasteiger charge is 2.33. The van der Waals surface area contributed by atoms with Crippen molar-refractivity contribution in [1.82, 2.24) is 20.0 Å². The first-order valence-electron chi connectivity index (χ1n) is 10.7. The van der Waals surface area contributed by atoms with Gasteiger partial charge in [-0.1, -0.05) is 26.2 Å². The second-order valence-corrected chi connectivity index (χ2v) is 8.13. The fourth-order valence-electron chi connectivity index (χ4n) is 4.53. The van der Waals surface area contributed by atoms with Crippen LogP contribution in [0.5, 0.6) is 0 Å². The SMILES string of the molecule is CCC(=O)N1CCCC(C(=O)N2CCN(C(=O)NC3CCCCC3)CC2)C1. The van der Waals surface area contributed by atoms with Crippen LogP contribution in [0.1, 0.15) is 58.3 Å². The van der Waals surface area contributed by atoms with Crippen LogP contribution in [0.25, 0.3) is 0 Å². The number of urea groups is 1. The zero-order chi connectivity index (χ0) is 19.2. The maximum Gasteiger partial charge on any atom is 0.317 e. The molecule has 1 N–H and O–H groups in total. The smallest absolute Gasteiger partial charge is 0.317 e. The molecule has 0 aromatic carbocycles. The van der Waals surface area contributed by atoms with Gasteiger partial charge >= 0.3 is 6.03 Å². The molecule has 3 aliphatic rings. The molecule has 7 heteroatoms. The van der Waals surface area contributed by atoms with E-state index in [2.05, 4.69) is 5.32 Å². The lowest BCUT2D eigenvalue weighted by atomic mass is 9.95. The number of likely N-dealkylation sites (tertiary alicyclic amines) is 1. The molecule has 0 radical (unpaired) electrons. The first-order valence-corrected chi connectivity index (χ1v) is 10.7. The van der Waals surface area contributed by atoms with Crippen LogP contribution < -0.4 is 5.32 Å². The molecule has 2 saturated heterocycles. The Morgan fingerprint density at radius 3 is 2.15 bits per heavy atom. The van der Waals surface area contributed by atoms with E-state index in [1.807, 2.05) is 21.6 Å². The van der Waals surface area contributed by atoms with Crippen molar-refractivity contribution in [3.63, 3.8) is 0 Å². The number of piperidine rings is 1. The standard InChI is InChI=1S/C20H34N4O3/c1-2-18(25)24-10-6-7-16(15-24)19(26)22-11-13-23(14-12-22)20(27)21-17-8-4-3-5-9-17/h16-17H,2-15H2,1H3,(H,21,27). The Morgan fingerprint density at radius 1 is 0.815 bits per heavy atom. The van der Waals surface area contributed by atoms with Crippen LogP contribution in [0, 0.1) is 5.92 Å². The number of rotatable bonds is 3. The summed E-state index contributed by atoms with van der Waals surface area (Å²) in [6.45, 7) is 5.55. The molecule has 1 saturated carbocycles. The highest BCUT2D eigenvalue weighted by atomic mass is 16.2. The third kappa shape index (κ3) is 5.14. The van der Waals surface area contributed by atoms with Crippen LogP contribution in [-0.4, -0.2) is 77.9 Å². The van der Waals surface area contributed by atoms with Crippen molar-refractivity contribution >= 4 is 17.8 Å². The highest BCUT2D eigenvalue weighted by Crippen LogP contribution is 2.21. The van der Waals surface area contributed by atoms with Gasteiger partial charge in [0, 0.05) is 51.7 Å². The maximum absolute atomic E-state index is 12.9.